The van der Waals surface area contributed by atoms with Crippen LogP contribution in [-0.2, 0) is 20.7 Å². The summed E-state index contributed by atoms with van der Waals surface area (Å²) in [5.41, 5.74) is 3.55. The third-order valence-electron chi connectivity index (χ3n) is 4.63. The second-order valence-corrected chi connectivity index (χ2v) is 6.29. The molecule has 1 aliphatic carbocycles. The maximum Gasteiger partial charge on any atom is 0.513 e. The maximum atomic E-state index is 12.6. The summed E-state index contributed by atoms with van der Waals surface area (Å²) in [5.74, 6) is 0.358. The number of pyridine rings is 1. The number of hydrogen-bond acceptors (Lipinski definition) is 6. The first-order valence-electron chi connectivity index (χ1n) is 8.49. The summed E-state index contributed by atoms with van der Waals surface area (Å²) in [7, 11) is 1.27. The van der Waals surface area contributed by atoms with E-state index in [-0.39, 0.29) is 11.7 Å². The van der Waals surface area contributed by atoms with Crippen LogP contribution in [0, 0.1) is 5.92 Å². The Hall–Kier alpha value is -2.63. The summed E-state index contributed by atoms with van der Waals surface area (Å²) in [6.07, 6.45) is 6.41. The van der Waals surface area contributed by atoms with Crippen LogP contribution in [0.3, 0.4) is 0 Å². The average Bonchev–Trinajstić information content (AvgIpc) is 2.62. The van der Waals surface area contributed by atoms with Crippen molar-refractivity contribution in [1.82, 2.24) is 10.3 Å². The third-order valence-corrected chi connectivity index (χ3v) is 4.63. The number of nitrogens with zero attached hydrogens (tertiary/aromatic N) is 1. The Labute approximate surface area is 146 Å². The Balaban J connectivity index is 1.89. The molecule has 1 unspecified atom stereocenters. The number of dihydropyridines is 1. The summed E-state index contributed by atoms with van der Waals surface area (Å²) in [5, 5.41) is 3.25. The molecular weight excluding hydrogens is 320 g/mol. The van der Waals surface area contributed by atoms with Crippen molar-refractivity contribution in [3.8, 4) is 0 Å². The van der Waals surface area contributed by atoms with Crippen LogP contribution in [-0.4, -0.2) is 24.0 Å². The Kier molecular flexibility index (Phi) is 5.16. The number of Topliss-reactive ketones (excluding diaryl/α,β-unsaturated/α-hetero) is 1. The van der Waals surface area contributed by atoms with E-state index < -0.39 is 6.16 Å². The number of carbonyl (C=O) groups is 2. The van der Waals surface area contributed by atoms with E-state index in [1.54, 1.807) is 6.20 Å². The molecule has 1 N–H and O–H groups in total. The zero-order valence-electron chi connectivity index (χ0n) is 14.5. The number of allylic oxidation sites excluding steroid dienone is 3. The number of aromatic nitrogens is 1. The molecule has 2 heterocycles. The molecule has 0 radical (unpaired) electrons. The fourth-order valence-electron chi connectivity index (χ4n) is 3.49. The molecule has 1 atom stereocenters. The highest BCUT2D eigenvalue weighted by molar-refractivity contribution is 5.98. The monoisotopic (exact) mass is 342 g/mol. The molecule has 0 bridgehead atoms. The van der Waals surface area contributed by atoms with Gasteiger partial charge in [-0.3, -0.25) is 9.78 Å². The Morgan fingerprint density at radius 1 is 1.40 bits per heavy atom. The highest BCUT2D eigenvalue weighted by Gasteiger charge is 2.36. The number of hydrogen-bond donors (Lipinski definition) is 1. The fourth-order valence-corrected chi connectivity index (χ4v) is 3.49. The molecule has 2 aliphatic rings. The lowest BCUT2D eigenvalue weighted by Crippen LogP contribution is -2.34. The topological polar surface area (TPSA) is 77.5 Å². The van der Waals surface area contributed by atoms with Crippen molar-refractivity contribution in [3.05, 3.63) is 52.8 Å². The Bertz CT molecular complexity index is 737. The van der Waals surface area contributed by atoms with Crippen LogP contribution in [0.15, 0.2) is 47.3 Å². The summed E-state index contributed by atoms with van der Waals surface area (Å²) in [6, 6.07) is 3.89. The molecule has 6 nitrogen and oxygen atoms in total. The second kappa shape index (κ2) is 7.51. The molecule has 25 heavy (non-hydrogen) atoms. The van der Waals surface area contributed by atoms with Crippen molar-refractivity contribution in [2.75, 3.05) is 7.11 Å². The van der Waals surface area contributed by atoms with Gasteiger partial charge in [-0.25, -0.2) is 4.79 Å². The molecule has 0 saturated heterocycles. The van der Waals surface area contributed by atoms with Crippen LogP contribution in [0.5, 0.6) is 0 Å². The molecule has 0 fully saturated rings. The van der Waals surface area contributed by atoms with E-state index in [0.29, 0.717) is 18.6 Å². The normalized spacial score (nSPS) is 20.1. The van der Waals surface area contributed by atoms with Gasteiger partial charge in [-0.05, 0) is 44.2 Å². The molecule has 0 aromatic carbocycles. The molecule has 0 spiro atoms. The van der Waals surface area contributed by atoms with Crippen LogP contribution < -0.4 is 5.32 Å². The number of ether oxygens (including phenoxy) is 2. The van der Waals surface area contributed by atoms with Gasteiger partial charge in [0.2, 0.25) is 0 Å². The SMILES string of the molecule is COC(=O)OC1=C(C)NC2=C(C(=O)CCC2)C1CCc1cccnc1. The minimum Gasteiger partial charge on any atom is -0.437 e. The zero-order valence-corrected chi connectivity index (χ0v) is 14.5. The third kappa shape index (κ3) is 3.73. The van der Waals surface area contributed by atoms with Gasteiger partial charge in [0, 0.05) is 36.0 Å². The molecule has 1 aromatic heterocycles. The maximum absolute atomic E-state index is 12.6. The van der Waals surface area contributed by atoms with Gasteiger partial charge >= 0.3 is 6.16 Å². The number of nitrogens with one attached hydrogen (secondary N) is 1. The van der Waals surface area contributed by atoms with Crippen molar-refractivity contribution in [2.45, 2.75) is 39.0 Å². The molecule has 0 saturated carbocycles. The number of methoxy groups -OCH3 is 1. The van der Waals surface area contributed by atoms with Gasteiger partial charge in [0.15, 0.2) is 5.78 Å². The summed E-state index contributed by atoms with van der Waals surface area (Å²) in [6.45, 7) is 1.86. The lowest BCUT2D eigenvalue weighted by Gasteiger charge is -2.33. The van der Waals surface area contributed by atoms with Gasteiger partial charge in [-0.2, -0.15) is 0 Å². The van der Waals surface area contributed by atoms with Crippen LogP contribution in [0.25, 0.3) is 0 Å². The van der Waals surface area contributed by atoms with E-state index in [1.807, 2.05) is 25.3 Å². The van der Waals surface area contributed by atoms with Crippen LogP contribution >= 0.6 is 0 Å². The minimum absolute atomic E-state index is 0.128. The molecular formula is C19H22N2O4. The quantitative estimate of drug-likeness (QED) is 0.846. The second-order valence-electron chi connectivity index (χ2n) is 6.29. The van der Waals surface area contributed by atoms with Crippen molar-refractivity contribution >= 4 is 11.9 Å². The molecule has 132 valence electrons. The smallest absolute Gasteiger partial charge is 0.437 e. The first kappa shape index (κ1) is 17.2. The van der Waals surface area contributed by atoms with E-state index in [2.05, 4.69) is 15.0 Å². The number of rotatable bonds is 4. The van der Waals surface area contributed by atoms with E-state index in [1.165, 1.54) is 7.11 Å². The van der Waals surface area contributed by atoms with Crippen LogP contribution in [0.4, 0.5) is 4.79 Å². The predicted octanol–water partition coefficient (Wildman–Crippen LogP) is 3.26. The van der Waals surface area contributed by atoms with E-state index in [4.69, 9.17) is 4.74 Å². The molecule has 1 aliphatic heterocycles. The van der Waals surface area contributed by atoms with Gasteiger partial charge in [-0.15, -0.1) is 0 Å². The standard InChI is InChI=1S/C19H22N2O4/c1-12-18(25-19(23)24-2)14(9-8-13-5-4-10-20-11-13)17-15(21-12)6-3-7-16(17)22/h4-5,10-11,14,21H,3,6-9H2,1-2H3. The van der Waals surface area contributed by atoms with Crippen molar-refractivity contribution < 1.29 is 19.1 Å². The highest BCUT2D eigenvalue weighted by Crippen LogP contribution is 2.38. The number of ketones is 1. The lowest BCUT2D eigenvalue weighted by molar-refractivity contribution is -0.116. The van der Waals surface area contributed by atoms with Gasteiger partial charge in [-0.1, -0.05) is 6.07 Å². The number of aryl methyl sites for hydroxylation is 1. The van der Waals surface area contributed by atoms with Crippen LogP contribution in [0.1, 0.15) is 38.2 Å². The lowest BCUT2D eigenvalue weighted by atomic mass is 9.79. The van der Waals surface area contributed by atoms with Gasteiger partial charge in [0.25, 0.3) is 0 Å². The zero-order chi connectivity index (χ0) is 17.8. The van der Waals surface area contributed by atoms with Crippen molar-refractivity contribution in [1.29, 1.82) is 0 Å². The van der Waals surface area contributed by atoms with Gasteiger partial charge in [0.1, 0.15) is 5.76 Å². The highest BCUT2D eigenvalue weighted by atomic mass is 16.7. The first-order chi connectivity index (χ1) is 12.1. The van der Waals surface area contributed by atoms with Crippen molar-refractivity contribution in [2.24, 2.45) is 5.92 Å². The van der Waals surface area contributed by atoms with E-state index in [9.17, 15) is 9.59 Å². The predicted molar refractivity (Wildman–Crippen MR) is 91.3 cm³/mol. The molecule has 6 heteroatoms. The first-order valence-corrected chi connectivity index (χ1v) is 8.49. The summed E-state index contributed by atoms with van der Waals surface area (Å²) < 4.78 is 10.0. The van der Waals surface area contributed by atoms with E-state index in [0.717, 1.165) is 41.8 Å². The molecule has 3 rings (SSSR count). The fraction of sp³-hybridized carbons (Fsp3) is 0.421. The summed E-state index contributed by atoms with van der Waals surface area (Å²) in [4.78, 5) is 28.4. The van der Waals surface area contributed by atoms with Crippen molar-refractivity contribution in [3.63, 3.8) is 0 Å². The molecule has 0 amide bonds. The van der Waals surface area contributed by atoms with Gasteiger partial charge in [0.05, 0.1) is 12.8 Å². The molecule has 1 aromatic rings. The van der Waals surface area contributed by atoms with Crippen LogP contribution in [0.2, 0.25) is 0 Å². The Morgan fingerprint density at radius 2 is 2.24 bits per heavy atom. The minimum atomic E-state index is -0.769. The van der Waals surface area contributed by atoms with Gasteiger partial charge < -0.3 is 14.8 Å². The largest absolute Gasteiger partial charge is 0.513 e. The Morgan fingerprint density at radius 3 is 2.96 bits per heavy atom. The summed E-state index contributed by atoms with van der Waals surface area (Å²) >= 11 is 0. The van der Waals surface area contributed by atoms with E-state index >= 15 is 0 Å². The average molecular weight is 342 g/mol. The number of carbonyl (C=O) groups excluding carboxylic acids is 2.